The van der Waals surface area contributed by atoms with Crippen LogP contribution in [0.15, 0.2) is 24.3 Å². The molecule has 2 amide bonds. The molecule has 1 atom stereocenters. The fourth-order valence-corrected chi connectivity index (χ4v) is 3.88. The van der Waals surface area contributed by atoms with Crippen molar-refractivity contribution < 1.29 is 14.3 Å². The van der Waals surface area contributed by atoms with Crippen molar-refractivity contribution in [2.24, 2.45) is 5.73 Å². The highest BCUT2D eigenvalue weighted by atomic mass is 32.1. The summed E-state index contributed by atoms with van der Waals surface area (Å²) in [6, 6.07) is 6.83. The molecular formula is C18H20N3O3S. The summed E-state index contributed by atoms with van der Waals surface area (Å²) in [6.45, 7) is 2.36. The summed E-state index contributed by atoms with van der Waals surface area (Å²) in [6.07, 6.45) is 3.39. The van der Waals surface area contributed by atoms with Gasteiger partial charge in [0, 0.05) is 6.54 Å². The molecule has 1 aromatic heterocycles. The molecule has 1 saturated heterocycles. The maximum absolute atomic E-state index is 13.1. The number of rotatable bonds is 4. The third-order valence-corrected chi connectivity index (χ3v) is 5.17. The minimum Gasteiger partial charge on any atom is -0.497 e. The predicted molar refractivity (Wildman–Crippen MR) is 96.4 cm³/mol. The van der Waals surface area contributed by atoms with Crippen LogP contribution in [0.25, 0.3) is 10.4 Å². The minimum atomic E-state index is -0.679. The standard InChI is InChI=1S/C18H20N3O3S/c1-11-20-15(16(25-11)12-6-5-7-13(10-12)24-2)18(23)21-9-4-3-8-14(21)17(19)22/h5-8,10,14H,3-4,9H2,1-2H3,(H2,19,22). The van der Waals surface area contributed by atoms with Crippen molar-refractivity contribution in [3.63, 3.8) is 0 Å². The molecule has 3 rings (SSSR count). The molecule has 0 saturated carbocycles. The van der Waals surface area contributed by atoms with Crippen LogP contribution in [0.5, 0.6) is 5.75 Å². The van der Waals surface area contributed by atoms with E-state index in [-0.39, 0.29) is 5.91 Å². The molecule has 1 aromatic carbocycles. The molecule has 2 aromatic rings. The fourth-order valence-electron chi connectivity index (χ4n) is 2.97. The molecule has 1 fully saturated rings. The zero-order valence-corrected chi connectivity index (χ0v) is 15.0. The van der Waals surface area contributed by atoms with Gasteiger partial charge >= 0.3 is 0 Å². The van der Waals surface area contributed by atoms with Crippen molar-refractivity contribution in [3.8, 4) is 16.2 Å². The Labute approximate surface area is 150 Å². The van der Waals surface area contributed by atoms with E-state index in [9.17, 15) is 9.59 Å². The molecule has 1 aliphatic rings. The van der Waals surface area contributed by atoms with Gasteiger partial charge in [-0.15, -0.1) is 11.3 Å². The van der Waals surface area contributed by atoms with Gasteiger partial charge in [-0.05, 0) is 43.9 Å². The van der Waals surface area contributed by atoms with Crippen LogP contribution in [-0.2, 0) is 4.79 Å². The van der Waals surface area contributed by atoms with Crippen LogP contribution in [0.4, 0.5) is 0 Å². The summed E-state index contributed by atoms with van der Waals surface area (Å²) in [5.41, 5.74) is 6.69. The number of piperidine rings is 1. The van der Waals surface area contributed by atoms with E-state index in [0.717, 1.165) is 28.3 Å². The second kappa shape index (κ2) is 7.23. The van der Waals surface area contributed by atoms with E-state index in [4.69, 9.17) is 10.5 Å². The van der Waals surface area contributed by atoms with E-state index < -0.39 is 11.9 Å². The van der Waals surface area contributed by atoms with Crippen LogP contribution >= 0.6 is 11.3 Å². The highest BCUT2D eigenvalue weighted by Crippen LogP contribution is 2.33. The number of aryl methyl sites for hydroxylation is 1. The van der Waals surface area contributed by atoms with Gasteiger partial charge in [0.2, 0.25) is 5.91 Å². The van der Waals surface area contributed by atoms with Crippen molar-refractivity contribution in [1.29, 1.82) is 0 Å². The van der Waals surface area contributed by atoms with Crippen LogP contribution in [-0.4, -0.2) is 41.4 Å². The summed E-state index contributed by atoms with van der Waals surface area (Å²) < 4.78 is 5.27. The number of carbonyl (C=O) groups is 2. The molecule has 0 spiro atoms. The van der Waals surface area contributed by atoms with Crippen LogP contribution in [0.1, 0.15) is 28.3 Å². The Hall–Kier alpha value is -2.41. The first-order chi connectivity index (χ1) is 12.0. The first-order valence-corrected chi connectivity index (χ1v) is 8.88. The maximum atomic E-state index is 13.1. The molecule has 0 bridgehead atoms. The number of benzene rings is 1. The van der Waals surface area contributed by atoms with Gasteiger partial charge in [-0.3, -0.25) is 9.59 Å². The average Bonchev–Trinajstić information content (AvgIpc) is 3.03. The van der Waals surface area contributed by atoms with Gasteiger partial charge in [0.1, 0.15) is 17.5 Å². The highest BCUT2D eigenvalue weighted by molar-refractivity contribution is 7.15. The number of primary amides is 1. The monoisotopic (exact) mass is 358 g/mol. The number of methoxy groups -OCH3 is 1. The number of nitrogens with two attached hydrogens (primary N) is 1. The highest BCUT2D eigenvalue weighted by Gasteiger charge is 2.34. The fraction of sp³-hybridized carbons (Fsp3) is 0.333. The Balaban J connectivity index is 1.99. The Bertz CT molecular complexity index is 803. The molecule has 1 unspecified atom stereocenters. The first kappa shape index (κ1) is 17.4. The predicted octanol–water partition coefficient (Wildman–Crippen LogP) is 2.42. The maximum Gasteiger partial charge on any atom is 0.274 e. The number of aromatic nitrogens is 1. The van der Waals surface area contributed by atoms with E-state index in [2.05, 4.69) is 4.98 Å². The van der Waals surface area contributed by atoms with Gasteiger partial charge < -0.3 is 15.4 Å². The van der Waals surface area contributed by atoms with E-state index in [1.807, 2.05) is 31.2 Å². The largest absolute Gasteiger partial charge is 0.497 e. The van der Waals surface area contributed by atoms with Crippen molar-refractivity contribution in [2.45, 2.75) is 25.8 Å². The smallest absolute Gasteiger partial charge is 0.274 e. The Kier molecular flexibility index (Phi) is 5.03. The van der Waals surface area contributed by atoms with Crippen molar-refractivity contribution in [2.75, 3.05) is 13.7 Å². The molecule has 0 aliphatic carbocycles. The van der Waals surface area contributed by atoms with Crippen molar-refractivity contribution in [3.05, 3.63) is 41.4 Å². The Morgan fingerprint density at radius 3 is 2.92 bits per heavy atom. The van der Waals surface area contributed by atoms with Gasteiger partial charge in [0.25, 0.3) is 5.91 Å². The average molecular weight is 358 g/mol. The number of thiazole rings is 1. The molecule has 7 heteroatoms. The lowest BCUT2D eigenvalue weighted by molar-refractivity contribution is -0.121. The lowest BCUT2D eigenvalue weighted by atomic mass is 10.0. The summed E-state index contributed by atoms with van der Waals surface area (Å²) in [5.74, 6) is -0.0619. The molecule has 25 heavy (non-hydrogen) atoms. The minimum absolute atomic E-state index is 0.262. The van der Waals surface area contributed by atoms with Gasteiger partial charge in [-0.2, -0.15) is 0 Å². The number of carbonyl (C=O) groups excluding carboxylic acids is 2. The van der Waals surface area contributed by atoms with Crippen LogP contribution in [0.2, 0.25) is 0 Å². The quantitative estimate of drug-likeness (QED) is 0.909. The summed E-state index contributed by atoms with van der Waals surface area (Å²) >= 11 is 1.45. The second-order valence-electron chi connectivity index (χ2n) is 5.87. The van der Waals surface area contributed by atoms with Crippen LogP contribution in [0.3, 0.4) is 0 Å². The van der Waals surface area contributed by atoms with Gasteiger partial charge in [0.05, 0.1) is 17.0 Å². The molecular weight excluding hydrogens is 338 g/mol. The van der Waals surface area contributed by atoms with E-state index in [1.165, 1.54) is 16.2 Å². The molecule has 2 heterocycles. The number of hydrogen-bond acceptors (Lipinski definition) is 5. The lowest BCUT2D eigenvalue weighted by Crippen LogP contribution is -2.51. The first-order valence-electron chi connectivity index (χ1n) is 8.06. The zero-order valence-electron chi connectivity index (χ0n) is 14.2. The van der Waals surface area contributed by atoms with Crippen molar-refractivity contribution in [1.82, 2.24) is 9.88 Å². The van der Waals surface area contributed by atoms with Crippen LogP contribution < -0.4 is 10.5 Å². The molecule has 2 N–H and O–H groups in total. The summed E-state index contributed by atoms with van der Waals surface area (Å²) in [4.78, 5) is 31.5. The van der Waals surface area contributed by atoms with Gasteiger partial charge in [-0.1, -0.05) is 12.1 Å². The SMILES string of the molecule is COc1cccc(-c2sc(C)nc2C(=O)N2CCC[CH]C2C(N)=O)c1. The summed E-state index contributed by atoms with van der Waals surface area (Å²) in [7, 11) is 1.60. The molecule has 131 valence electrons. The van der Waals surface area contributed by atoms with E-state index >= 15 is 0 Å². The lowest BCUT2D eigenvalue weighted by Gasteiger charge is -2.33. The Morgan fingerprint density at radius 1 is 1.40 bits per heavy atom. The topological polar surface area (TPSA) is 85.5 Å². The van der Waals surface area contributed by atoms with Crippen molar-refractivity contribution >= 4 is 23.2 Å². The summed E-state index contributed by atoms with van der Waals surface area (Å²) in [5, 5.41) is 0.790. The van der Waals surface area contributed by atoms with Crippen LogP contribution in [0, 0.1) is 13.3 Å². The third kappa shape index (κ3) is 3.51. The molecule has 1 aliphatic heterocycles. The number of amides is 2. The van der Waals surface area contributed by atoms with Gasteiger partial charge in [0.15, 0.2) is 0 Å². The Morgan fingerprint density at radius 2 is 2.20 bits per heavy atom. The zero-order chi connectivity index (χ0) is 18.0. The number of ether oxygens (including phenoxy) is 1. The van der Waals surface area contributed by atoms with Gasteiger partial charge in [-0.25, -0.2) is 4.98 Å². The molecule has 6 nitrogen and oxygen atoms in total. The normalized spacial score (nSPS) is 17.4. The van der Waals surface area contributed by atoms with E-state index in [0.29, 0.717) is 18.0 Å². The van der Waals surface area contributed by atoms with E-state index in [1.54, 1.807) is 13.5 Å². The third-order valence-electron chi connectivity index (χ3n) is 4.15. The molecule has 1 radical (unpaired) electrons. The number of likely N-dealkylation sites (tertiary alicyclic amines) is 1. The second-order valence-corrected chi connectivity index (χ2v) is 7.07. The number of hydrogen-bond donors (Lipinski definition) is 1. The number of nitrogens with zero attached hydrogens (tertiary/aromatic N) is 2.